The highest BCUT2D eigenvalue weighted by atomic mass is 16.7. The van der Waals surface area contributed by atoms with Crippen molar-refractivity contribution in [2.45, 2.75) is 12.1 Å². The lowest BCUT2D eigenvalue weighted by Gasteiger charge is -2.06. The molecule has 2 atom stereocenters. The van der Waals surface area contributed by atoms with Crippen molar-refractivity contribution in [2.75, 3.05) is 26.4 Å². The lowest BCUT2D eigenvalue weighted by atomic mass is 10.3. The molecule has 0 N–H and O–H groups in total. The Bertz CT molecular complexity index is 315. The van der Waals surface area contributed by atoms with Gasteiger partial charge in [0.25, 0.3) is 6.54 Å². The molecule has 0 aromatic heterocycles. The van der Waals surface area contributed by atoms with Crippen molar-refractivity contribution in [1.82, 2.24) is 0 Å². The minimum absolute atomic E-state index is 0.0111. The van der Waals surface area contributed by atoms with Gasteiger partial charge < -0.3 is 14.2 Å². The van der Waals surface area contributed by atoms with Crippen LogP contribution in [0.5, 0.6) is 0 Å². The smallest absolute Gasteiger partial charge is 0.431 e. The van der Waals surface area contributed by atoms with E-state index in [9.17, 15) is 25.0 Å². The highest BCUT2D eigenvalue weighted by Crippen LogP contribution is 2.08. The van der Waals surface area contributed by atoms with Crippen molar-refractivity contribution >= 4 is 6.16 Å². The first kappa shape index (κ1) is 13.1. The number of nitrogens with zero attached hydrogens (tertiary/aromatic N) is 2. The minimum atomic E-state index is -1.57. The molecule has 1 rings (SSSR count). The van der Waals surface area contributed by atoms with Gasteiger partial charge in [0.05, 0.1) is 6.61 Å². The van der Waals surface area contributed by atoms with Crippen molar-refractivity contribution in [1.29, 1.82) is 0 Å². The lowest BCUT2D eigenvalue weighted by molar-refractivity contribution is -0.589. The van der Waals surface area contributed by atoms with Gasteiger partial charge in [-0.1, -0.05) is 0 Å². The van der Waals surface area contributed by atoms with Gasteiger partial charge in [-0.2, -0.15) is 0 Å². The van der Waals surface area contributed by atoms with Crippen LogP contribution in [0.15, 0.2) is 0 Å². The van der Waals surface area contributed by atoms with Crippen molar-refractivity contribution in [2.24, 2.45) is 0 Å². The Hall–Kier alpha value is -1.97. The van der Waals surface area contributed by atoms with Crippen LogP contribution in [0.1, 0.15) is 0 Å². The van der Waals surface area contributed by atoms with E-state index in [1.54, 1.807) is 0 Å². The van der Waals surface area contributed by atoms with E-state index in [0.717, 1.165) is 0 Å². The Balaban J connectivity index is 2.21. The standard InChI is InChI=1S/C7H10N2O8/c10-7(17-4-6-3-15-6)16-2-5(9(13)14)1-8(11)12/h5-6H,1-4H2. The van der Waals surface area contributed by atoms with Gasteiger partial charge in [-0.15, -0.1) is 0 Å². The summed E-state index contributed by atoms with van der Waals surface area (Å²) < 4.78 is 13.6. The van der Waals surface area contributed by atoms with Crippen LogP contribution in [0.4, 0.5) is 4.79 Å². The van der Waals surface area contributed by atoms with E-state index >= 15 is 0 Å². The number of carbonyl (C=O) groups is 1. The van der Waals surface area contributed by atoms with Crippen molar-refractivity contribution < 1.29 is 28.9 Å². The van der Waals surface area contributed by atoms with E-state index in [2.05, 4.69) is 9.47 Å². The summed E-state index contributed by atoms with van der Waals surface area (Å²) in [7, 11) is 0. The zero-order valence-electron chi connectivity index (χ0n) is 8.64. The fourth-order valence-corrected chi connectivity index (χ4v) is 0.883. The second kappa shape index (κ2) is 5.94. The van der Waals surface area contributed by atoms with E-state index in [4.69, 9.17) is 4.74 Å². The molecule has 17 heavy (non-hydrogen) atoms. The maximum absolute atomic E-state index is 10.9. The van der Waals surface area contributed by atoms with Crippen LogP contribution in [0.2, 0.25) is 0 Å². The van der Waals surface area contributed by atoms with E-state index in [1.807, 2.05) is 0 Å². The molecule has 0 bridgehead atoms. The summed E-state index contributed by atoms with van der Waals surface area (Å²) in [4.78, 5) is 29.6. The largest absolute Gasteiger partial charge is 0.508 e. The molecule has 96 valence electrons. The number of hydrogen-bond acceptors (Lipinski definition) is 8. The van der Waals surface area contributed by atoms with Gasteiger partial charge >= 0.3 is 12.2 Å². The Kier molecular flexibility index (Phi) is 4.57. The van der Waals surface area contributed by atoms with E-state index in [1.165, 1.54) is 0 Å². The van der Waals surface area contributed by atoms with Gasteiger partial charge in [-0.3, -0.25) is 20.2 Å². The first-order valence-electron chi connectivity index (χ1n) is 4.65. The molecule has 10 heteroatoms. The molecule has 0 radical (unpaired) electrons. The molecule has 1 aliphatic heterocycles. The summed E-state index contributed by atoms with van der Waals surface area (Å²) in [5, 5.41) is 20.5. The Morgan fingerprint density at radius 1 is 1.41 bits per heavy atom. The monoisotopic (exact) mass is 250 g/mol. The number of rotatable bonds is 7. The molecule has 0 spiro atoms. The zero-order valence-corrected chi connectivity index (χ0v) is 8.64. The Labute approximate surface area is 94.7 Å². The first-order valence-corrected chi connectivity index (χ1v) is 4.65. The number of epoxide rings is 1. The normalized spacial score (nSPS) is 19.2. The molecule has 1 aliphatic rings. The fraction of sp³-hybridized carbons (Fsp3) is 0.857. The van der Waals surface area contributed by atoms with Gasteiger partial charge in [0.15, 0.2) is 6.61 Å². The van der Waals surface area contributed by atoms with E-state index in [0.29, 0.717) is 6.61 Å². The van der Waals surface area contributed by atoms with Crippen molar-refractivity contribution in [3.8, 4) is 0 Å². The molecule has 0 aliphatic carbocycles. The fourth-order valence-electron chi connectivity index (χ4n) is 0.883. The first-order chi connectivity index (χ1) is 7.99. The molecular formula is C7H10N2O8. The number of carbonyl (C=O) groups excluding carboxylic acids is 1. The minimum Gasteiger partial charge on any atom is -0.431 e. The average molecular weight is 250 g/mol. The third-order valence-electron chi connectivity index (χ3n) is 1.84. The zero-order chi connectivity index (χ0) is 12.8. The van der Waals surface area contributed by atoms with Crippen molar-refractivity contribution in [3.05, 3.63) is 20.2 Å². The van der Waals surface area contributed by atoms with Crippen LogP contribution in [-0.2, 0) is 14.2 Å². The summed E-state index contributed by atoms with van der Waals surface area (Å²) in [5.41, 5.74) is 0. The average Bonchev–Trinajstić information content (AvgIpc) is 3.04. The SMILES string of the molecule is O=C(OCC1CO1)OCC(C[N+](=O)[O-])[N+](=O)[O-]. The summed E-state index contributed by atoms with van der Waals surface area (Å²) in [6.45, 7) is -1.10. The molecule has 10 nitrogen and oxygen atoms in total. The predicted octanol–water partition coefficient (Wildman–Crippen LogP) is -0.540. The third-order valence-corrected chi connectivity index (χ3v) is 1.84. The van der Waals surface area contributed by atoms with Crippen LogP contribution < -0.4 is 0 Å². The number of ether oxygens (including phenoxy) is 3. The molecule has 1 saturated heterocycles. The van der Waals surface area contributed by atoms with Crippen LogP contribution in [0.3, 0.4) is 0 Å². The summed E-state index contributed by atoms with van der Waals surface area (Å²) in [6.07, 6.45) is -1.25. The maximum atomic E-state index is 10.9. The summed E-state index contributed by atoms with van der Waals surface area (Å²) in [6, 6.07) is -1.57. The predicted molar refractivity (Wildman–Crippen MR) is 49.7 cm³/mol. The second-order valence-corrected chi connectivity index (χ2v) is 3.28. The summed E-state index contributed by atoms with van der Waals surface area (Å²) in [5.74, 6) is 0. The molecule has 0 aromatic carbocycles. The van der Waals surface area contributed by atoms with E-state index in [-0.39, 0.29) is 12.7 Å². The van der Waals surface area contributed by atoms with Crippen molar-refractivity contribution in [3.63, 3.8) is 0 Å². The third kappa shape index (κ3) is 5.61. The molecule has 1 fully saturated rings. The van der Waals surface area contributed by atoms with Crippen LogP contribution in [-0.4, -0.2) is 54.5 Å². The van der Waals surface area contributed by atoms with Gasteiger partial charge in [0, 0.05) is 9.85 Å². The van der Waals surface area contributed by atoms with Gasteiger partial charge in [0.1, 0.15) is 12.7 Å². The molecule has 2 unspecified atom stereocenters. The second-order valence-electron chi connectivity index (χ2n) is 3.28. The highest BCUT2D eigenvalue weighted by Gasteiger charge is 2.29. The van der Waals surface area contributed by atoms with Gasteiger partial charge in [0.2, 0.25) is 0 Å². The van der Waals surface area contributed by atoms with Gasteiger partial charge in [-0.25, -0.2) is 4.79 Å². The molecule has 1 heterocycles. The number of hydrogen-bond donors (Lipinski definition) is 0. The van der Waals surface area contributed by atoms with Gasteiger partial charge in [-0.05, 0) is 0 Å². The van der Waals surface area contributed by atoms with Crippen LogP contribution >= 0.6 is 0 Å². The molecule has 0 aromatic rings. The highest BCUT2D eigenvalue weighted by molar-refractivity contribution is 5.59. The number of nitro groups is 2. The quantitative estimate of drug-likeness (QED) is 0.254. The van der Waals surface area contributed by atoms with Crippen LogP contribution in [0, 0.1) is 20.2 Å². The molecular weight excluding hydrogens is 240 g/mol. The van der Waals surface area contributed by atoms with Crippen LogP contribution in [0.25, 0.3) is 0 Å². The van der Waals surface area contributed by atoms with E-state index < -0.39 is 35.2 Å². The topological polar surface area (TPSA) is 134 Å². The Morgan fingerprint density at radius 3 is 2.53 bits per heavy atom. The summed E-state index contributed by atoms with van der Waals surface area (Å²) >= 11 is 0. The maximum Gasteiger partial charge on any atom is 0.508 e. The Morgan fingerprint density at radius 2 is 2.06 bits per heavy atom. The molecule has 0 saturated carbocycles. The lowest BCUT2D eigenvalue weighted by Crippen LogP contribution is -2.34. The molecule has 0 amide bonds.